The summed E-state index contributed by atoms with van der Waals surface area (Å²) in [4.78, 5) is 6.90. The lowest BCUT2D eigenvalue weighted by Crippen LogP contribution is -2.50. The van der Waals surface area contributed by atoms with Crippen molar-refractivity contribution in [3.63, 3.8) is 0 Å². The minimum atomic E-state index is -0.222. The van der Waals surface area contributed by atoms with Gasteiger partial charge in [-0.15, -0.1) is 0 Å². The van der Waals surface area contributed by atoms with Gasteiger partial charge in [-0.25, -0.2) is 0 Å². The van der Waals surface area contributed by atoms with Crippen LogP contribution in [0.3, 0.4) is 0 Å². The van der Waals surface area contributed by atoms with Crippen molar-refractivity contribution in [2.75, 3.05) is 19.8 Å². The third kappa shape index (κ3) is 3.61. The third-order valence-electron chi connectivity index (χ3n) is 5.39. The Labute approximate surface area is 147 Å². The van der Waals surface area contributed by atoms with Crippen LogP contribution in [-0.2, 0) is 11.3 Å². The van der Waals surface area contributed by atoms with E-state index in [-0.39, 0.29) is 18.1 Å². The standard InChI is InChI=1S/C19H25N3O3/c1-13-4-2-5-14(10-13)19-20-18(25-21-19)11-22-8-9-24-12-16(22)15-6-3-7-17(15)23/h2,4-5,10,15-17,23H,3,6-9,11-12H2,1H3/t15-,16+,17+/m0/s1. The molecule has 4 rings (SSSR count). The molecule has 3 atom stereocenters. The Balaban J connectivity index is 1.49. The molecule has 0 bridgehead atoms. The minimum Gasteiger partial charge on any atom is -0.393 e. The molecule has 1 saturated carbocycles. The van der Waals surface area contributed by atoms with Gasteiger partial charge in [0.25, 0.3) is 0 Å². The van der Waals surface area contributed by atoms with Crippen molar-refractivity contribution in [2.45, 2.75) is 44.9 Å². The highest BCUT2D eigenvalue weighted by atomic mass is 16.5. The number of hydrogen-bond donors (Lipinski definition) is 1. The van der Waals surface area contributed by atoms with Crippen LogP contribution in [0.4, 0.5) is 0 Å². The van der Waals surface area contributed by atoms with E-state index >= 15 is 0 Å². The fourth-order valence-electron chi connectivity index (χ4n) is 4.06. The number of rotatable bonds is 4. The number of morpholine rings is 1. The molecule has 1 aliphatic heterocycles. The van der Waals surface area contributed by atoms with E-state index in [1.54, 1.807) is 0 Å². The number of ether oxygens (including phenoxy) is 1. The highest BCUT2D eigenvalue weighted by molar-refractivity contribution is 5.55. The first kappa shape index (κ1) is 16.7. The first-order valence-electron chi connectivity index (χ1n) is 9.10. The van der Waals surface area contributed by atoms with E-state index in [9.17, 15) is 5.11 Å². The van der Waals surface area contributed by atoms with Gasteiger partial charge in [-0.2, -0.15) is 4.98 Å². The highest BCUT2D eigenvalue weighted by Crippen LogP contribution is 2.32. The van der Waals surface area contributed by atoms with E-state index in [0.717, 1.165) is 31.4 Å². The average Bonchev–Trinajstić information content (AvgIpc) is 3.25. The minimum absolute atomic E-state index is 0.222. The summed E-state index contributed by atoms with van der Waals surface area (Å²) in [5.74, 6) is 1.53. The third-order valence-corrected chi connectivity index (χ3v) is 5.39. The normalized spacial score (nSPS) is 27.7. The molecule has 0 radical (unpaired) electrons. The summed E-state index contributed by atoms with van der Waals surface area (Å²) in [6.07, 6.45) is 2.82. The summed E-state index contributed by atoms with van der Waals surface area (Å²) in [7, 11) is 0. The van der Waals surface area contributed by atoms with Crippen LogP contribution in [0.5, 0.6) is 0 Å². The molecule has 1 aromatic heterocycles. The van der Waals surface area contributed by atoms with Crippen LogP contribution >= 0.6 is 0 Å². The molecule has 1 aromatic carbocycles. The van der Waals surface area contributed by atoms with Crippen molar-refractivity contribution in [1.82, 2.24) is 15.0 Å². The number of aliphatic hydroxyl groups is 1. The van der Waals surface area contributed by atoms with Crippen LogP contribution in [0.25, 0.3) is 11.4 Å². The Morgan fingerprint density at radius 2 is 2.24 bits per heavy atom. The highest BCUT2D eigenvalue weighted by Gasteiger charge is 2.38. The smallest absolute Gasteiger partial charge is 0.241 e. The molecular weight excluding hydrogens is 318 g/mol. The summed E-state index contributed by atoms with van der Waals surface area (Å²) >= 11 is 0. The SMILES string of the molecule is Cc1cccc(-c2noc(CN3CCOC[C@@H]3[C@@H]3CCC[C@H]3O)n2)c1. The zero-order valence-electron chi connectivity index (χ0n) is 14.6. The maximum atomic E-state index is 10.3. The fourth-order valence-corrected chi connectivity index (χ4v) is 4.06. The van der Waals surface area contributed by atoms with Crippen LogP contribution < -0.4 is 0 Å². The van der Waals surface area contributed by atoms with Gasteiger partial charge in [0.15, 0.2) is 0 Å². The van der Waals surface area contributed by atoms with Crippen molar-refractivity contribution in [3.05, 3.63) is 35.7 Å². The van der Waals surface area contributed by atoms with Gasteiger partial charge < -0.3 is 14.4 Å². The summed E-state index contributed by atoms with van der Waals surface area (Å²) in [6.45, 7) is 4.86. The molecule has 0 spiro atoms. The number of nitrogens with zero attached hydrogens (tertiary/aromatic N) is 3. The predicted molar refractivity (Wildman–Crippen MR) is 92.8 cm³/mol. The molecule has 2 aliphatic rings. The zero-order valence-corrected chi connectivity index (χ0v) is 14.6. The molecule has 0 amide bonds. The van der Waals surface area contributed by atoms with Gasteiger partial charge >= 0.3 is 0 Å². The molecule has 6 heteroatoms. The summed E-state index contributed by atoms with van der Waals surface area (Å²) in [6, 6.07) is 8.32. The van der Waals surface area contributed by atoms with Gasteiger partial charge in [-0.1, -0.05) is 35.3 Å². The second-order valence-corrected chi connectivity index (χ2v) is 7.16. The molecule has 2 aromatic rings. The molecule has 1 saturated heterocycles. The number of hydrogen-bond acceptors (Lipinski definition) is 6. The maximum absolute atomic E-state index is 10.3. The van der Waals surface area contributed by atoms with E-state index in [4.69, 9.17) is 9.26 Å². The lowest BCUT2D eigenvalue weighted by Gasteiger charge is -2.39. The molecule has 25 heavy (non-hydrogen) atoms. The molecule has 0 unspecified atom stereocenters. The molecule has 2 heterocycles. The number of aryl methyl sites for hydroxylation is 1. The van der Waals surface area contributed by atoms with Gasteiger partial charge in [0.1, 0.15) is 0 Å². The Hall–Kier alpha value is -1.76. The summed E-state index contributed by atoms with van der Waals surface area (Å²) < 4.78 is 11.2. The van der Waals surface area contributed by atoms with Crippen LogP contribution in [0.2, 0.25) is 0 Å². The van der Waals surface area contributed by atoms with Crippen LogP contribution in [0, 0.1) is 12.8 Å². The van der Waals surface area contributed by atoms with Crippen LogP contribution in [0.1, 0.15) is 30.7 Å². The van der Waals surface area contributed by atoms with Gasteiger partial charge in [0.2, 0.25) is 11.7 Å². The van der Waals surface area contributed by atoms with E-state index in [1.165, 1.54) is 5.56 Å². The number of benzene rings is 1. The topological polar surface area (TPSA) is 71.6 Å². The second kappa shape index (κ2) is 7.23. The van der Waals surface area contributed by atoms with Gasteiger partial charge in [0.05, 0.1) is 25.9 Å². The molecule has 1 N–H and O–H groups in total. The first-order chi connectivity index (χ1) is 12.2. The average molecular weight is 343 g/mol. The van der Waals surface area contributed by atoms with Crippen molar-refractivity contribution in [3.8, 4) is 11.4 Å². The zero-order chi connectivity index (χ0) is 17.2. The van der Waals surface area contributed by atoms with Gasteiger partial charge in [0, 0.05) is 24.1 Å². The summed E-state index contributed by atoms with van der Waals surface area (Å²) in [5, 5.41) is 14.4. The lowest BCUT2D eigenvalue weighted by molar-refractivity contribution is -0.0567. The van der Waals surface area contributed by atoms with Crippen molar-refractivity contribution >= 4 is 0 Å². The quantitative estimate of drug-likeness (QED) is 0.919. The molecule has 6 nitrogen and oxygen atoms in total. The van der Waals surface area contributed by atoms with Gasteiger partial charge in [-0.3, -0.25) is 4.90 Å². The maximum Gasteiger partial charge on any atom is 0.241 e. The van der Waals surface area contributed by atoms with E-state index in [2.05, 4.69) is 34.1 Å². The summed E-state index contributed by atoms with van der Waals surface area (Å²) in [5.41, 5.74) is 2.15. The van der Waals surface area contributed by atoms with Crippen LogP contribution in [-0.4, -0.2) is 52.1 Å². The van der Waals surface area contributed by atoms with Gasteiger partial charge in [-0.05, 0) is 25.8 Å². The predicted octanol–water partition coefficient (Wildman–Crippen LogP) is 2.41. The van der Waals surface area contributed by atoms with E-state index in [1.807, 2.05) is 12.1 Å². The largest absolute Gasteiger partial charge is 0.393 e. The molecular formula is C19H25N3O3. The Bertz CT molecular complexity index is 717. The molecule has 134 valence electrons. The molecule has 1 aliphatic carbocycles. The second-order valence-electron chi connectivity index (χ2n) is 7.16. The fraction of sp³-hybridized carbons (Fsp3) is 0.579. The van der Waals surface area contributed by atoms with Crippen molar-refractivity contribution in [2.24, 2.45) is 5.92 Å². The van der Waals surface area contributed by atoms with Crippen molar-refractivity contribution < 1.29 is 14.4 Å². The monoisotopic (exact) mass is 343 g/mol. The Kier molecular flexibility index (Phi) is 4.83. The lowest BCUT2D eigenvalue weighted by atomic mass is 9.94. The molecule has 2 fully saturated rings. The Morgan fingerprint density at radius 3 is 3.04 bits per heavy atom. The van der Waals surface area contributed by atoms with E-state index in [0.29, 0.717) is 31.5 Å². The first-order valence-corrected chi connectivity index (χ1v) is 9.10. The van der Waals surface area contributed by atoms with Crippen molar-refractivity contribution in [1.29, 1.82) is 0 Å². The van der Waals surface area contributed by atoms with E-state index < -0.39 is 0 Å². The number of aromatic nitrogens is 2. The number of aliphatic hydroxyl groups excluding tert-OH is 1. The Morgan fingerprint density at radius 1 is 1.32 bits per heavy atom. The van der Waals surface area contributed by atoms with Crippen LogP contribution in [0.15, 0.2) is 28.8 Å².